The standard InChI is InChI=1S/C16H15N3O3S2/c1-9-14(10(2)20)24-15(17-9)18-13(21)7-8-19-11-5-3-4-6-12(11)23-16(19)22/h3-6H,7-8H2,1-2H3,(H,17,18,21). The van der Waals surface area contributed by atoms with Gasteiger partial charge in [0.05, 0.1) is 20.8 Å². The highest BCUT2D eigenvalue weighted by molar-refractivity contribution is 7.17. The van der Waals surface area contributed by atoms with Crippen LogP contribution in [0.1, 0.15) is 28.7 Å². The van der Waals surface area contributed by atoms with Crippen LogP contribution < -0.4 is 10.2 Å². The van der Waals surface area contributed by atoms with E-state index in [-0.39, 0.29) is 23.0 Å². The largest absolute Gasteiger partial charge is 0.308 e. The summed E-state index contributed by atoms with van der Waals surface area (Å²) in [6.07, 6.45) is 0.161. The number of aromatic nitrogens is 2. The van der Waals surface area contributed by atoms with Crippen LogP contribution in [-0.2, 0) is 11.3 Å². The van der Waals surface area contributed by atoms with E-state index in [0.717, 1.165) is 10.2 Å². The summed E-state index contributed by atoms with van der Waals surface area (Å²) in [6, 6.07) is 7.51. The summed E-state index contributed by atoms with van der Waals surface area (Å²) in [5.41, 5.74) is 1.45. The minimum atomic E-state index is -0.235. The zero-order valence-electron chi connectivity index (χ0n) is 13.2. The molecule has 0 aliphatic rings. The molecule has 0 saturated heterocycles. The zero-order chi connectivity index (χ0) is 17.3. The summed E-state index contributed by atoms with van der Waals surface area (Å²) in [6.45, 7) is 3.51. The van der Waals surface area contributed by atoms with Crippen LogP contribution in [0.2, 0.25) is 0 Å². The predicted molar refractivity (Wildman–Crippen MR) is 96.2 cm³/mol. The molecule has 0 saturated carbocycles. The lowest BCUT2D eigenvalue weighted by molar-refractivity contribution is -0.116. The first kappa shape index (κ1) is 16.5. The molecule has 0 radical (unpaired) electrons. The van der Waals surface area contributed by atoms with Crippen molar-refractivity contribution >= 4 is 49.7 Å². The van der Waals surface area contributed by atoms with Crippen molar-refractivity contribution < 1.29 is 9.59 Å². The average molecular weight is 361 g/mol. The van der Waals surface area contributed by atoms with E-state index in [1.165, 1.54) is 29.6 Å². The van der Waals surface area contributed by atoms with Crippen LogP contribution in [0, 0.1) is 6.92 Å². The zero-order valence-corrected chi connectivity index (χ0v) is 14.8. The van der Waals surface area contributed by atoms with E-state index >= 15 is 0 Å². The number of benzene rings is 1. The number of ketones is 1. The monoisotopic (exact) mass is 361 g/mol. The fraction of sp³-hybridized carbons (Fsp3) is 0.250. The molecule has 3 aromatic rings. The second kappa shape index (κ2) is 6.66. The summed E-state index contributed by atoms with van der Waals surface area (Å²) < 4.78 is 2.51. The number of carbonyl (C=O) groups excluding carboxylic acids is 2. The van der Waals surface area contributed by atoms with Crippen LogP contribution in [0.3, 0.4) is 0 Å². The minimum absolute atomic E-state index is 0.0678. The number of nitrogens with one attached hydrogen (secondary N) is 1. The van der Waals surface area contributed by atoms with Crippen LogP contribution in [0.5, 0.6) is 0 Å². The maximum atomic E-state index is 12.1. The van der Waals surface area contributed by atoms with E-state index < -0.39 is 0 Å². The minimum Gasteiger partial charge on any atom is -0.302 e. The molecule has 1 amide bonds. The normalized spacial score (nSPS) is 10.9. The number of carbonyl (C=O) groups is 2. The second-order valence-corrected chi connectivity index (χ2v) is 7.27. The molecule has 1 aromatic carbocycles. The Labute approximate surface area is 145 Å². The summed E-state index contributed by atoms with van der Waals surface area (Å²) in [7, 11) is 0. The summed E-state index contributed by atoms with van der Waals surface area (Å²) in [5, 5.41) is 3.10. The number of Topliss-reactive ketones (excluding diaryl/α,β-unsaturated/α-hetero) is 1. The van der Waals surface area contributed by atoms with Crippen molar-refractivity contribution in [1.82, 2.24) is 9.55 Å². The maximum Gasteiger partial charge on any atom is 0.308 e. The third-order valence-electron chi connectivity index (χ3n) is 3.50. The van der Waals surface area contributed by atoms with E-state index in [9.17, 15) is 14.4 Å². The molecule has 124 valence electrons. The molecule has 0 aliphatic heterocycles. The Hall–Kier alpha value is -2.32. The lowest BCUT2D eigenvalue weighted by Crippen LogP contribution is -2.19. The summed E-state index contributed by atoms with van der Waals surface area (Å²) >= 11 is 2.34. The van der Waals surface area contributed by atoms with E-state index in [0.29, 0.717) is 22.2 Å². The highest BCUT2D eigenvalue weighted by Gasteiger charge is 2.14. The molecule has 3 rings (SSSR count). The van der Waals surface area contributed by atoms with Gasteiger partial charge in [-0.1, -0.05) is 34.8 Å². The number of fused-ring (bicyclic) bond motifs is 1. The van der Waals surface area contributed by atoms with Gasteiger partial charge in [0.15, 0.2) is 10.9 Å². The number of hydrogen-bond acceptors (Lipinski definition) is 6. The van der Waals surface area contributed by atoms with Gasteiger partial charge in [-0.05, 0) is 19.1 Å². The molecular weight excluding hydrogens is 346 g/mol. The number of hydrogen-bond donors (Lipinski definition) is 1. The molecule has 2 heterocycles. The van der Waals surface area contributed by atoms with Gasteiger partial charge in [-0.25, -0.2) is 4.98 Å². The molecule has 0 aliphatic carbocycles. The first-order valence-corrected chi connectivity index (χ1v) is 8.95. The number of rotatable bonds is 5. The molecule has 0 atom stereocenters. The Bertz CT molecular complexity index is 984. The van der Waals surface area contributed by atoms with E-state index in [4.69, 9.17) is 0 Å². The molecule has 1 N–H and O–H groups in total. The van der Waals surface area contributed by atoms with Crippen LogP contribution in [0.25, 0.3) is 10.2 Å². The van der Waals surface area contributed by atoms with Crippen LogP contribution >= 0.6 is 22.7 Å². The number of amides is 1. The lowest BCUT2D eigenvalue weighted by atomic mass is 10.3. The Morgan fingerprint density at radius 2 is 2.00 bits per heavy atom. The average Bonchev–Trinajstić information content (AvgIpc) is 3.04. The molecule has 24 heavy (non-hydrogen) atoms. The van der Waals surface area contributed by atoms with Gasteiger partial charge in [0.2, 0.25) is 5.91 Å². The van der Waals surface area contributed by atoms with Gasteiger partial charge in [0.1, 0.15) is 0 Å². The lowest BCUT2D eigenvalue weighted by Gasteiger charge is -2.04. The molecular formula is C16H15N3O3S2. The summed E-state index contributed by atoms with van der Waals surface area (Å²) in [4.78, 5) is 40.2. The van der Waals surface area contributed by atoms with Crippen molar-refractivity contribution in [3.05, 3.63) is 44.5 Å². The van der Waals surface area contributed by atoms with E-state index in [1.54, 1.807) is 11.5 Å². The molecule has 0 bridgehead atoms. The molecule has 0 fully saturated rings. The van der Waals surface area contributed by atoms with Gasteiger partial charge in [-0.2, -0.15) is 0 Å². The highest BCUT2D eigenvalue weighted by Crippen LogP contribution is 2.23. The van der Waals surface area contributed by atoms with Crippen molar-refractivity contribution in [2.24, 2.45) is 0 Å². The maximum absolute atomic E-state index is 12.1. The molecule has 0 unspecified atom stereocenters. The Morgan fingerprint density at radius 3 is 2.71 bits per heavy atom. The Balaban J connectivity index is 1.69. The summed E-state index contributed by atoms with van der Waals surface area (Å²) in [5.74, 6) is -0.303. The predicted octanol–water partition coefficient (Wildman–Crippen LogP) is 3.06. The molecule has 6 nitrogen and oxygen atoms in total. The smallest absolute Gasteiger partial charge is 0.302 e. The first-order valence-electron chi connectivity index (χ1n) is 7.32. The van der Waals surface area contributed by atoms with E-state index in [1.807, 2.05) is 24.3 Å². The third kappa shape index (κ3) is 3.29. The third-order valence-corrected chi connectivity index (χ3v) is 5.63. The van der Waals surface area contributed by atoms with Crippen LogP contribution in [0.4, 0.5) is 5.13 Å². The second-order valence-electron chi connectivity index (χ2n) is 5.28. The first-order chi connectivity index (χ1) is 11.5. The Kier molecular flexibility index (Phi) is 4.59. The molecule has 2 aromatic heterocycles. The van der Waals surface area contributed by atoms with Gasteiger partial charge in [0.25, 0.3) is 0 Å². The van der Waals surface area contributed by atoms with Crippen molar-refractivity contribution in [3.63, 3.8) is 0 Å². The van der Waals surface area contributed by atoms with Gasteiger partial charge >= 0.3 is 4.87 Å². The van der Waals surface area contributed by atoms with Gasteiger partial charge in [0, 0.05) is 19.9 Å². The fourth-order valence-corrected chi connectivity index (χ4v) is 4.19. The van der Waals surface area contributed by atoms with Gasteiger partial charge in [-0.15, -0.1) is 0 Å². The number of thiazole rings is 2. The van der Waals surface area contributed by atoms with Crippen molar-refractivity contribution in [2.75, 3.05) is 5.32 Å². The topological polar surface area (TPSA) is 81.1 Å². The van der Waals surface area contributed by atoms with Crippen LogP contribution in [-0.4, -0.2) is 21.2 Å². The number of para-hydroxylation sites is 1. The Morgan fingerprint density at radius 1 is 1.25 bits per heavy atom. The van der Waals surface area contributed by atoms with E-state index in [2.05, 4.69) is 10.3 Å². The molecule has 0 spiro atoms. The number of nitrogens with zero attached hydrogens (tertiary/aromatic N) is 2. The van der Waals surface area contributed by atoms with Crippen molar-refractivity contribution in [1.29, 1.82) is 0 Å². The van der Waals surface area contributed by atoms with Gasteiger partial charge in [-0.3, -0.25) is 19.0 Å². The van der Waals surface area contributed by atoms with Gasteiger partial charge < -0.3 is 5.32 Å². The van der Waals surface area contributed by atoms with Crippen LogP contribution in [0.15, 0.2) is 29.1 Å². The van der Waals surface area contributed by atoms with Crippen molar-refractivity contribution in [2.45, 2.75) is 26.8 Å². The highest BCUT2D eigenvalue weighted by atomic mass is 32.1. The molecule has 8 heteroatoms. The number of aryl methyl sites for hydroxylation is 2. The van der Waals surface area contributed by atoms with Crippen molar-refractivity contribution in [3.8, 4) is 0 Å². The number of anilines is 1. The SMILES string of the molecule is CC(=O)c1sc(NC(=O)CCn2c(=O)sc3ccccc32)nc1C. The fourth-order valence-electron chi connectivity index (χ4n) is 2.40. The quantitative estimate of drug-likeness (QED) is 0.708.